The largest absolute Gasteiger partial charge is 0.387 e. The molecule has 1 aromatic rings. The second-order valence-corrected chi connectivity index (χ2v) is 2.38. The van der Waals surface area contributed by atoms with Gasteiger partial charge in [-0.05, 0) is 19.1 Å². The van der Waals surface area contributed by atoms with E-state index in [9.17, 15) is 0 Å². The van der Waals surface area contributed by atoms with Crippen LogP contribution in [0.2, 0.25) is 0 Å². The van der Waals surface area contributed by atoms with Crippen LogP contribution in [0.3, 0.4) is 0 Å². The molecule has 0 radical (unpaired) electrons. The number of nitrogens with one attached hydrogen (secondary N) is 1. The van der Waals surface area contributed by atoms with Crippen molar-refractivity contribution >= 4 is 17.2 Å². The molecule has 0 spiro atoms. The molecule has 64 valence electrons. The minimum atomic E-state index is 0.456. The van der Waals surface area contributed by atoms with E-state index in [1.54, 1.807) is 25.1 Å². The predicted molar refractivity (Wildman–Crippen MR) is 48.8 cm³/mol. The lowest BCUT2D eigenvalue weighted by molar-refractivity contribution is 0.389. The molecular weight excluding hydrogens is 154 g/mol. The fourth-order valence-corrected chi connectivity index (χ4v) is 0.856. The predicted octanol–water partition coefficient (Wildman–Crippen LogP) is 1.50. The molecule has 0 aliphatic heterocycles. The van der Waals surface area contributed by atoms with E-state index in [1.165, 1.54) is 0 Å². The SMILES string of the molecule is CC(N)=Nc1ccccc1NO. The lowest BCUT2D eigenvalue weighted by Crippen LogP contribution is -2.04. The van der Waals surface area contributed by atoms with Crippen LogP contribution in [0.1, 0.15) is 6.92 Å². The maximum atomic E-state index is 8.67. The molecule has 0 aliphatic carbocycles. The van der Waals surface area contributed by atoms with E-state index in [0.717, 1.165) is 0 Å². The van der Waals surface area contributed by atoms with Gasteiger partial charge in [-0.15, -0.1) is 0 Å². The average molecular weight is 165 g/mol. The number of anilines is 1. The van der Waals surface area contributed by atoms with Crippen LogP contribution in [-0.4, -0.2) is 11.0 Å². The number of para-hydroxylation sites is 2. The molecule has 0 amide bonds. The zero-order valence-electron chi connectivity index (χ0n) is 6.78. The molecular formula is C8H11N3O. The number of aliphatic imine (C=N–C) groups is 1. The van der Waals surface area contributed by atoms with Crippen molar-refractivity contribution in [1.82, 2.24) is 0 Å². The summed E-state index contributed by atoms with van der Waals surface area (Å²) in [6.07, 6.45) is 0. The molecule has 4 nitrogen and oxygen atoms in total. The van der Waals surface area contributed by atoms with Gasteiger partial charge in [0, 0.05) is 0 Å². The van der Waals surface area contributed by atoms with E-state index < -0.39 is 0 Å². The summed E-state index contributed by atoms with van der Waals surface area (Å²) >= 11 is 0. The average Bonchev–Trinajstić information content (AvgIpc) is 2.04. The van der Waals surface area contributed by atoms with E-state index >= 15 is 0 Å². The molecule has 1 rings (SSSR count). The van der Waals surface area contributed by atoms with E-state index in [0.29, 0.717) is 17.2 Å². The highest BCUT2D eigenvalue weighted by Crippen LogP contribution is 2.22. The Morgan fingerprint density at radius 1 is 1.50 bits per heavy atom. The first-order valence-electron chi connectivity index (χ1n) is 3.54. The Kier molecular flexibility index (Phi) is 2.66. The first kappa shape index (κ1) is 8.55. The number of rotatable bonds is 2. The normalized spacial score (nSPS) is 11.3. The van der Waals surface area contributed by atoms with Crippen molar-refractivity contribution in [2.75, 3.05) is 5.48 Å². The summed E-state index contributed by atoms with van der Waals surface area (Å²) < 4.78 is 0. The van der Waals surface area contributed by atoms with Gasteiger partial charge in [-0.25, -0.2) is 4.99 Å². The number of nitrogens with zero attached hydrogens (tertiary/aromatic N) is 1. The number of amidine groups is 1. The van der Waals surface area contributed by atoms with Gasteiger partial charge in [0.1, 0.15) is 0 Å². The van der Waals surface area contributed by atoms with E-state index in [4.69, 9.17) is 10.9 Å². The van der Waals surface area contributed by atoms with Crippen LogP contribution in [-0.2, 0) is 0 Å². The molecule has 0 saturated heterocycles. The van der Waals surface area contributed by atoms with E-state index in [-0.39, 0.29) is 0 Å². The van der Waals surface area contributed by atoms with Gasteiger partial charge in [0.2, 0.25) is 0 Å². The monoisotopic (exact) mass is 165 g/mol. The summed E-state index contributed by atoms with van der Waals surface area (Å²) in [6.45, 7) is 1.69. The molecule has 4 N–H and O–H groups in total. The maximum absolute atomic E-state index is 8.67. The summed E-state index contributed by atoms with van der Waals surface area (Å²) in [5.74, 6) is 0.456. The van der Waals surface area contributed by atoms with Crippen molar-refractivity contribution in [3.05, 3.63) is 24.3 Å². The third kappa shape index (κ3) is 1.96. The molecule has 0 unspecified atom stereocenters. The Labute approximate surface area is 70.7 Å². The molecule has 0 bridgehead atoms. The van der Waals surface area contributed by atoms with Crippen molar-refractivity contribution in [1.29, 1.82) is 0 Å². The van der Waals surface area contributed by atoms with Crippen LogP contribution in [0.4, 0.5) is 11.4 Å². The summed E-state index contributed by atoms with van der Waals surface area (Å²) in [5.41, 5.74) is 8.60. The highest BCUT2D eigenvalue weighted by atomic mass is 16.5. The molecule has 0 aromatic heterocycles. The lowest BCUT2D eigenvalue weighted by Gasteiger charge is -2.02. The zero-order valence-corrected chi connectivity index (χ0v) is 6.78. The standard InChI is InChI=1S/C8H11N3O/c1-6(9)10-7-4-2-3-5-8(7)11-12/h2-5,11-12H,1H3,(H2,9,10). The molecule has 0 saturated carbocycles. The topological polar surface area (TPSA) is 70.6 Å². The van der Waals surface area contributed by atoms with Gasteiger partial charge in [-0.1, -0.05) is 12.1 Å². The first-order chi connectivity index (χ1) is 5.74. The highest BCUT2D eigenvalue weighted by molar-refractivity contribution is 5.83. The van der Waals surface area contributed by atoms with Gasteiger partial charge in [0.25, 0.3) is 0 Å². The van der Waals surface area contributed by atoms with Crippen LogP contribution in [0, 0.1) is 0 Å². The van der Waals surface area contributed by atoms with Gasteiger partial charge in [0.05, 0.1) is 17.2 Å². The first-order valence-corrected chi connectivity index (χ1v) is 3.54. The lowest BCUT2D eigenvalue weighted by atomic mass is 10.3. The van der Waals surface area contributed by atoms with Crippen LogP contribution in [0.5, 0.6) is 0 Å². The smallest absolute Gasteiger partial charge is 0.0965 e. The fraction of sp³-hybridized carbons (Fsp3) is 0.125. The van der Waals surface area contributed by atoms with Gasteiger partial charge in [-0.3, -0.25) is 10.7 Å². The third-order valence-corrected chi connectivity index (χ3v) is 1.32. The summed E-state index contributed by atoms with van der Waals surface area (Å²) in [5, 5.41) is 8.67. The minimum Gasteiger partial charge on any atom is -0.387 e. The molecule has 0 fully saturated rings. The van der Waals surface area contributed by atoms with Gasteiger partial charge < -0.3 is 5.73 Å². The van der Waals surface area contributed by atoms with Crippen LogP contribution in [0.15, 0.2) is 29.3 Å². The quantitative estimate of drug-likeness (QED) is 0.353. The summed E-state index contributed by atoms with van der Waals surface area (Å²) in [4.78, 5) is 4.00. The number of hydrogen-bond acceptors (Lipinski definition) is 3. The Morgan fingerprint density at radius 2 is 2.17 bits per heavy atom. The molecule has 0 heterocycles. The van der Waals surface area contributed by atoms with E-state index in [1.807, 2.05) is 11.5 Å². The van der Waals surface area contributed by atoms with Crippen molar-refractivity contribution in [3.8, 4) is 0 Å². The van der Waals surface area contributed by atoms with Gasteiger partial charge >= 0.3 is 0 Å². The van der Waals surface area contributed by atoms with Crippen molar-refractivity contribution in [2.45, 2.75) is 6.92 Å². The molecule has 0 aliphatic rings. The van der Waals surface area contributed by atoms with Crippen LogP contribution < -0.4 is 11.2 Å². The second kappa shape index (κ2) is 3.73. The number of benzene rings is 1. The van der Waals surface area contributed by atoms with Crippen molar-refractivity contribution in [2.24, 2.45) is 10.7 Å². The fourth-order valence-electron chi connectivity index (χ4n) is 0.856. The Bertz CT molecular complexity index is 292. The van der Waals surface area contributed by atoms with Crippen molar-refractivity contribution in [3.63, 3.8) is 0 Å². The molecule has 4 heteroatoms. The number of nitrogens with two attached hydrogens (primary N) is 1. The van der Waals surface area contributed by atoms with Crippen molar-refractivity contribution < 1.29 is 5.21 Å². The highest BCUT2D eigenvalue weighted by Gasteiger charge is 1.96. The Hall–Kier alpha value is -1.55. The molecule has 0 atom stereocenters. The zero-order chi connectivity index (χ0) is 8.97. The minimum absolute atomic E-state index is 0.456. The summed E-state index contributed by atoms with van der Waals surface area (Å²) in [7, 11) is 0. The van der Waals surface area contributed by atoms with Gasteiger partial charge in [0.15, 0.2) is 0 Å². The number of hydrogen-bond donors (Lipinski definition) is 3. The van der Waals surface area contributed by atoms with E-state index in [2.05, 4.69) is 4.99 Å². The summed E-state index contributed by atoms with van der Waals surface area (Å²) in [6, 6.07) is 7.09. The molecule has 1 aromatic carbocycles. The van der Waals surface area contributed by atoms with Gasteiger partial charge in [-0.2, -0.15) is 0 Å². The van der Waals surface area contributed by atoms with Crippen LogP contribution in [0.25, 0.3) is 0 Å². The maximum Gasteiger partial charge on any atom is 0.0965 e. The molecule has 12 heavy (non-hydrogen) atoms. The second-order valence-electron chi connectivity index (χ2n) is 2.38. The van der Waals surface area contributed by atoms with Crippen LogP contribution >= 0.6 is 0 Å². The Balaban J connectivity index is 3.05. The Morgan fingerprint density at radius 3 is 2.75 bits per heavy atom. The third-order valence-electron chi connectivity index (χ3n) is 1.32.